The number of anilines is 1. The van der Waals surface area contributed by atoms with Gasteiger partial charge in [-0.3, -0.25) is 19.1 Å². The number of imide groups is 1. The van der Waals surface area contributed by atoms with Crippen molar-refractivity contribution in [2.45, 2.75) is 25.8 Å². The largest absolute Gasteiger partial charge is 0.480 e. The van der Waals surface area contributed by atoms with Crippen molar-refractivity contribution in [2.24, 2.45) is 0 Å². The van der Waals surface area contributed by atoms with E-state index in [4.69, 9.17) is 5.11 Å². The average Bonchev–Trinajstić information content (AvgIpc) is 2.65. The minimum atomic E-state index is -1.03. The number of hydrogen-bond donors (Lipinski definition) is 1. The van der Waals surface area contributed by atoms with E-state index in [1.807, 2.05) is 0 Å². The summed E-state index contributed by atoms with van der Waals surface area (Å²) in [7, 11) is 0. The van der Waals surface area contributed by atoms with Gasteiger partial charge in [-0.25, -0.2) is 4.90 Å². The van der Waals surface area contributed by atoms with Gasteiger partial charge < -0.3 is 5.11 Å². The van der Waals surface area contributed by atoms with Crippen molar-refractivity contribution in [1.29, 1.82) is 0 Å². The molecule has 2 amide bonds. The van der Waals surface area contributed by atoms with Gasteiger partial charge in [0.05, 0.1) is 11.9 Å². The summed E-state index contributed by atoms with van der Waals surface area (Å²) in [5, 5.41) is 12.4. The Bertz CT molecular complexity index is 464. The molecule has 0 spiro atoms. The molecule has 1 aromatic rings. The van der Waals surface area contributed by atoms with E-state index in [0.717, 1.165) is 4.90 Å². The van der Waals surface area contributed by atoms with Crippen LogP contribution in [0.2, 0.25) is 0 Å². The number of carbonyl (C=O) groups excluding carboxylic acids is 2. The predicted molar refractivity (Wildman–Crippen MR) is 56.2 cm³/mol. The van der Waals surface area contributed by atoms with Crippen LogP contribution in [0.25, 0.3) is 0 Å². The van der Waals surface area contributed by atoms with Crippen LogP contribution in [0.3, 0.4) is 0 Å². The molecule has 1 N–H and O–H groups in total. The van der Waals surface area contributed by atoms with Crippen molar-refractivity contribution in [3.05, 3.63) is 12.4 Å². The van der Waals surface area contributed by atoms with Crippen molar-refractivity contribution in [2.75, 3.05) is 4.90 Å². The summed E-state index contributed by atoms with van der Waals surface area (Å²) in [5.41, 5.74) is 0.334. The molecular formula is C10H11N3O4. The van der Waals surface area contributed by atoms with Gasteiger partial charge in [-0.1, -0.05) is 0 Å². The summed E-state index contributed by atoms with van der Waals surface area (Å²) in [5.74, 6) is -1.57. The molecule has 0 radical (unpaired) electrons. The molecule has 7 heteroatoms. The van der Waals surface area contributed by atoms with Crippen molar-refractivity contribution in [3.8, 4) is 0 Å². The lowest BCUT2D eigenvalue weighted by atomic mass is 10.1. The Morgan fingerprint density at radius 3 is 2.59 bits per heavy atom. The summed E-state index contributed by atoms with van der Waals surface area (Å²) in [6.45, 7) is -0.295. The molecule has 0 saturated carbocycles. The van der Waals surface area contributed by atoms with Crippen LogP contribution in [-0.4, -0.2) is 32.7 Å². The highest BCUT2D eigenvalue weighted by Gasteiger charge is 2.28. The lowest BCUT2D eigenvalue weighted by molar-refractivity contribution is -0.138. The fraction of sp³-hybridized carbons (Fsp3) is 0.400. The quantitative estimate of drug-likeness (QED) is 0.747. The van der Waals surface area contributed by atoms with E-state index in [1.165, 1.54) is 17.1 Å². The van der Waals surface area contributed by atoms with Gasteiger partial charge in [0, 0.05) is 19.0 Å². The van der Waals surface area contributed by atoms with Gasteiger partial charge >= 0.3 is 5.97 Å². The molecule has 1 aromatic heterocycles. The number of rotatable bonds is 3. The smallest absolute Gasteiger partial charge is 0.325 e. The molecule has 2 rings (SSSR count). The molecule has 1 saturated heterocycles. The van der Waals surface area contributed by atoms with Crippen LogP contribution in [0.5, 0.6) is 0 Å². The fourth-order valence-corrected chi connectivity index (χ4v) is 1.73. The van der Waals surface area contributed by atoms with E-state index >= 15 is 0 Å². The number of aliphatic carboxylic acids is 1. The van der Waals surface area contributed by atoms with Crippen LogP contribution in [0, 0.1) is 0 Å². The standard InChI is InChI=1S/C10H11N3O4/c14-8-2-1-3-9(15)13(8)7-4-11-12(5-7)6-10(16)17/h4-5H,1-3,6H2,(H,16,17). The van der Waals surface area contributed by atoms with E-state index < -0.39 is 5.97 Å². The molecule has 1 aliphatic heterocycles. The number of carboxylic acid groups (broad SMARTS) is 1. The molecular weight excluding hydrogens is 226 g/mol. The predicted octanol–water partition coefficient (Wildman–Crippen LogP) is 0.0112. The zero-order valence-corrected chi connectivity index (χ0v) is 9.00. The minimum absolute atomic E-state index is 0.267. The van der Waals surface area contributed by atoms with Crippen LogP contribution in [0.15, 0.2) is 12.4 Å². The number of piperidine rings is 1. The number of carbonyl (C=O) groups is 3. The first kappa shape index (κ1) is 11.3. The molecule has 1 aliphatic rings. The van der Waals surface area contributed by atoms with Gasteiger partial charge in [0.2, 0.25) is 11.8 Å². The van der Waals surface area contributed by atoms with Gasteiger partial charge in [0.25, 0.3) is 0 Å². The van der Waals surface area contributed by atoms with Crippen molar-refractivity contribution in [3.63, 3.8) is 0 Å². The third-order valence-electron chi connectivity index (χ3n) is 2.46. The maximum Gasteiger partial charge on any atom is 0.325 e. The Balaban J connectivity index is 2.21. The van der Waals surface area contributed by atoms with Gasteiger partial charge in [0.1, 0.15) is 6.54 Å². The van der Waals surface area contributed by atoms with Crippen LogP contribution in [0.1, 0.15) is 19.3 Å². The second-order valence-electron chi connectivity index (χ2n) is 3.77. The SMILES string of the molecule is O=C(O)Cn1cc(N2C(=O)CCCC2=O)cn1. The normalized spacial score (nSPS) is 16.4. The summed E-state index contributed by atoms with van der Waals surface area (Å²) in [4.78, 5) is 34.7. The zero-order valence-electron chi connectivity index (χ0n) is 9.00. The summed E-state index contributed by atoms with van der Waals surface area (Å²) in [6.07, 6.45) is 3.93. The zero-order chi connectivity index (χ0) is 12.4. The molecule has 0 atom stereocenters. The molecule has 90 valence electrons. The molecule has 0 unspecified atom stereocenters. The van der Waals surface area contributed by atoms with E-state index in [-0.39, 0.29) is 18.4 Å². The average molecular weight is 237 g/mol. The van der Waals surface area contributed by atoms with Crippen LogP contribution >= 0.6 is 0 Å². The van der Waals surface area contributed by atoms with Crippen molar-refractivity contribution >= 4 is 23.5 Å². The third-order valence-corrected chi connectivity index (χ3v) is 2.46. The maximum absolute atomic E-state index is 11.6. The van der Waals surface area contributed by atoms with Crippen LogP contribution in [-0.2, 0) is 20.9 Å². The second-order valence-corrected chi connectivity index (χ2v) is 3.77. The fourth-order valence-electron chi connectivity index (χ4n) is 1.73. The second kappa shape index (κ2) is 4.36. The molecule has 0 bridgehead atoms. The van der Waals surface area contributed by atoms with Crippen molar-refractivity contribution < 1.29 is 19.5 Å². The van der Waals surface area contributed by atoms with Gasteiger partial charge in [0.15, 0.2) is 0 Å². The van der Waals surface area contributed by atoms with E-state index in [9.17, 15) is 14.4 Å². The Kier molecular flexibility index (Phi) is 2.90. The molecule has 17 heavy (non-hydrogen) atoms. The first-order chi connectivity index (χ1) is 8.08. The van der Waals surface area contributed by atoms with Gasteiger partial charge in [-0.15, -0.1) is 0 Å². The Morgan fingerprint density at radius 2 is 2.00 bits per heavy atom. The van der Waals surface area contributed by atoms with E-state index in [1.54, 1.807) is 0 Å². The molecule has 7 nitrogen and oxygen atoms in total. The summed E-state index contributed by atoms with van der Waals surface area (Å²) >= 11 is 0. The van der Waals surface area contributed by atoms with Gasteiger partial charge in [-0.05, 0) is 6.42 Å². The Labute approximate surface area is 96.6 Å². The maximum atomic E-state index is 11.6. The minimum Gasteiger partial charge on any atom is -0.480 e. The van der Waals surface area contributed by atoms with Gasteiger partial charge in [-0.2, -0.15) is 5.10 Å². The first-order valence-electron chi connectivity index (χ1n) is 5.18. The highest BCUT2D eigenvalue weighted by atomic mass is 16.4. The Hall–Kier alpha value is -2.18. The highest BCUT2D eigenvalue weighted by molar-refractivity contribution is 6.16. The summed E-state index contributed by atoms with van der Waals surface area (Å²) in [6, 6.07) is 0. The number of hydrogen-bond acceptors (Lipinski definition) is 4. The highest BCUT2D eigenvalue weighted by Crippen LogP contribution is 2.20. The molecule has 0 aliphatic carbocycles. The number of carboxylic acids is 1. The monoisotopic (exact) mass is 237 g/mol. The number of nitrogens with zero attached hydrogens (tertiary/aromatic N) is 3. The topological polar surface area (TPSA) is 92.5 Å². The molecule has 2 heterocycles. The van der Waals surface area contributed by atoms with Crippen LogP contribution in [0.4, 0.5) is 5.69 Å². The lowest BCUT2D eigenvalue weighted by Gasteiger charge is -2.22. The number of amides is 2. The lowest BCUT2D eigenvalue weighted by Crippen LogP contribution is -2.39. The first-order valence-corrected chi connectivity index (χ1v) is 5.18. The third kappa shape index (κ3) is 2.32. The van der Waals surface area contributed by atoms with Crippen molar-refractivity contribution in [1.82, 2.24) is 9.78 Å². The molecule has 1 fully saturated rings. The molecule has 0 aromatic carbocycles. The van der Waals surface area contributed by atoms with E-state index in [0.29, 0.717) is 24.9 Å². The summed E-state index contributed by atoms with van der Waals surface area (Å²) < 4.78 is 1.17. The van der Waals surface area contributed by atoms with Crippen LogP contribution < -0.4 is 4.90 Å². The van der Waals surface area contributed by atoms with E-state index in [2.05, 4.69) is 5.10 Å². The number of aromatic nitrogens is 2. The Morgan fingerprint density at radius 1 is 1.35 bits per heavy atom.